The van der Waals surface area contributed by atoms with E-state index in [0.717, 1.165) is 18.2 Å². The normalized spacial score (nSPS) is 11.2. The fraction of sp³-hybridized carbons (Fsp3) is 0.158. The highest BCUT2D eigenvalue weighted by Crippen LogP contribution is 2.38. The van der Waals surface area contributed by atoms with Crippen molar-refractivity contribution in [2.45, 2.75) is 12.8 Å². The quantitative estimate of drug-likeness (QED) is 0.684. The summed E-state index contributed by atoms with van der Waals surface area (Å²) in [7, 11) is 1.43. The minimum absolute atomic E-state index is 0.0320. The molecule has 4 nitrogen and oxygen atoms in total. The largest absolute Gasteiger partial charge is 0.369 e. The number of carbonyl (C=O) groups excluding carboxylic acids is 1. The van der Waals surface area contributed by atoms with Crippen LogP contribution in [0.25, 0.3) is 22.4 Å². The summed E-state index contributed by atoms with van der Waals surface area (Å²) in [5, 5.41) is 3.81. The summed E-state index contributed by atoms with van der Waals surface area (Å²) in [6, 6.07) is 9.33. The molecule has 0 saturated carbocycles. The van der Waals surface area contributed by atoms with E-state index in [1.54, 1.807) is 18.2 Å². The maximum Gasteiger partial charge on any atom is 0.282 e. The molecule has 3 rings (SSSR count). The van der Waals surface area contributed by atoms with Gasteiger partial charge in [-0.1, -0.05) is 24.3 Å². The first-order chi connectivity index (χ1) is 12.8. The van der Waals surface area contributed by atoms with Crippen LogP contribution in [-0.2, 0) is 18.3 Å². The van der Waals surface area contributed by atoms with Gasteiger partial charge in [-0.25, -0.2) is 17.6 Å². The molecule has 0 spiro atoms. The van der Waals surface area contributed by atoms with Gasteiger partial charge in [0.2, 0.25) is 5.91 Å². The molecule has 0 radical (unpaired) electrons. The average Bonchev–Trinajstić information content (AvgIpc) is 2.93. The summed E-state index contributed by atoms with van der Waals surface area (Å²) in [6.45, 7) is 0. The van der Waals surface area contributed by atoms with E-state index in [0.29, 0.717) is 5.56 Å². The van der Waals surface area contributed by atoms with Gasteiger partial charge in [0.1, 0.15) is 17.3 Å². The number of halogens is 4. The highest BCUT2D eigenvalue weighted by atomic mass is 19.3. The molecule has 8 heteroatoms. The molecule has 0 bridgehead atoms. The third-order valence-corrected chi connectivity index (χ3v) is 4.13. The van der Waals surface area contributed by atoms with E-state index in [-0.39, 0.29) is 22.4 Å². The Kier molecular flexibility index (Phi) is 4.98. The zero-order chi connectivity index (χ0) is 19.7. The number of aryl methyl sites for hydroxylation is 1. The van der Waals surface area contributed by atoms with Crippen LogP contribution in [-0.4, -0.2) is 15.7 Å². The first-order valence-corrected chi connectivity index (χ1v) is 7.96. The molecule has 2 N–H and O–H groups in total. The van der Waals surface area contributed by atoms with E-state index in [1.807, 2.05) is 0 Å². The minimum Gasteiger partial charge on any atom is -0.369 e. The summed E-state index contributed by atoms with van der Waals surface area (Å²) < 4.78 is 55.9. The summed E-state index contributed by atoms with van der Waals surface area (Å²) >= 11 is 0. The Morgan fingerprint density at radius 3 is 2.41 bits per heavy atom. The van der Waals surface area contributed by atoms with Gasteiger partial charge >= 0.3 is 0 Å². The van der Waals surface area contributed by atoms with Crippen LogP contribution in [0.2, 0.25) is 0 Å². The van der Waals surface area contributed by atoms with Gasteiger partial charge < -0.3 is 5.73 Å². The van der Waals surface area contributed by atoms with E-state index >= 15 is 0 Å². The lowest BCUT2D eigenvalue weighted by Crippen LogP contribution is -2.15. The lowest BCUT2D eigenvalue weighted by atomic mass is 9.94. The molecule has 0 aliphatic heterocycles. The minimum atomic E-state index is -2.92. The number of rotatable bonds is 5. The summed E-state index contributed by atoms with van der Waals surface area (Å²) in [5.74, 6) is -2.12. The Labute approximate surface area is 152 Å². The lowest BCUT2D eigenvalue weighted by molar-refractivity contribution is -0.117. The highest BCUT2D eigenvalue weighted by molar-refractivity contribution is 5.86. The van der Waals surface area contributed by atoms with E-state index in [9.17, 15) is 22.4 Å². The Morgan fingerprint density at radius 2 is 1.78 bits per heavy atom. The molecule has 1 heterocycles. The monoisotopic (exact) mass is 377 g/mol. The molecule has 1 amide bonds. The molecule has 0 unspecified atom stereocenters. The first-order valence-electron chi connectivity index (χ1n) is 7.96. The van der Waals surface area contributed by atoms with E-state index < -0.39 is 36.1 Å². The summed E-state index contributed by atoms with van der Waals surface area (Å²) in [6.07, 6.45) is -3.37. The van der Waals surface area contributed by atoms with Crippen molar-refractivity contribution in [1.82, 2.24) is 9.78 Å². The van der Waals surface area contributed by atoms with Gasteiger partial charge in [0, 0.05) is 23.7 Å². The number of alkyl halides is 2. The molecule has 0 atom stereocenters. The van der Waals surface area contributed by atoms with Gasteiger partial charge in [-0.2, -0.15) is 5.10 Å². The second kappa shape index (κ2) is 7.22. The van der Waals surface area contributed by atoms with Crippen LogP contribution in [0.15, 0.2) is 42.5 Å². The van der Waals surface area contributed by atoms with E-state index in [4.69, 9.17) is 5.73 Å². The molecule has 27 heavy (non-hydrogen) atoms. The first kappa shape index (κ1) is 18.6. The van der Waals surface area contributed by atoms with Crippen molar-refractivity contribution >= 4 is 5.91 Å². The number of amides is 1. The number of benzene rings is 2. The van der Waals surface area contributed by atoms with E-state index in [1.165, 1.54) is 17.8 Å². The Bertz CT molecular complexity index is 1010. The van der Waals surface area contributed by atoms with Crippen molar-refractivity contribution in [2.75, 3.05) is 0 Å². The molecule has 0 aliphatic carbocycles. The van der Waals surface area contributed by atoms with Crippen molar-refractivity contribution in [3.8, 4) is 22.4 Å². The van der Waals surface area contributed by atoms with Crippen molar-refractivity contribution in [1.29, 1.82) is 0 Å². The molecular weight excluding hydrogens is 362 g/mol. The highest BCUT2D eigenvalue weighted by Gasteiger charge is 2.26. The summed E-state index contributed by atoms with van der Waals surface area (Å²) in [4.78, 5) is 11.4. The van der Waals surface area contributed by atoms with Gasteiger partial charge in [-0.3, -0.25) is 9.48 Å². The molecule has 140 valence electrons. The fourth-order valence-corrected chi connectivity index (χ4v) is 3.08. The van der Waals surface area contributed by atoms with Gasteiger partial charge in [0.25, 0.3) is 6.43 Å². The predicted octanol–water partition coefficient (Wildman–Crippen LogP) is 4.00. The average molecular weight is 377 g/mol. The van der Waals surface area contributed by atoms with Crippen LogP contribution >= 0.6 is 0 Å². The van der Waals surface area contributed by atoms with Gasteiger partial charge in [0.05, 0.1) is 12.1 Å². The maximum absolute atomic E-state index is 14.3. The van der Waals surface area contributed by atoms with Crippen molar-refractivity contribution < 1.29 is 22.4 Å². The third kappa shape index (κ3) is 3.55. The zero-order valence-electron chi connectivity index (χ0n) is 14.2. The van der Waals surface area contributed by atoms with Crippen molar-refractivity contribution in [3.63, 3.8) is 0 Å². The van der Waals surface area contributed by atoms with Gasteiger partial charge in [-0.05, 0) is 23.8 Å². The van der Waals surface area contributed by atoms with Crippen LogP contribution in [0, 0.1) is 11.6 Å². The van der Waals surface area contributed by atoms with Crippen LogP contribution < -0.4 is 5.73 Å². The topological polar surface area (TPSA) is 60.9 Å². The number of hydrogen-bond acceptors (Lipinski definition) is 2. The van der Waals surface area contributed by atoms with Crippen LogP contribution in [0.1, 0.15) is 17.7 Å². The van der Waals surface area contributed by atoms with Crippen LogP contribution in [0.4, 0.5) is 17.6 Å². The van der Waals surface area contributed by atoms with Crippen molar-refractivity contribution in [2.24, 2.45) is 12.8 Å². The fourth-order valence-electron chi connectivity index (χ4n) is 3.08. The maximum atomic E-state index is 14.3. The number of hydrogen-bond donors (Lipinski definition) is 1. The van der Waals surface area contributed by atoms with Crippen molar-refractivity contribution in [3.05, 3.63) is 65.4 Å². The standard InChI is InChI=1S/C19H15F4N3O/c1-26-18(14(9-16(24)27)17(25-26)19(22)23)12-5-3-2-4-11(12)13-8-10(20)6-7-15(13)21/h2-8,19H,9H2,1H3,(H2,24,27). The second-order valence-corrected chi connectivity index (χ2v) is 5.95. The van der Waals surface area contributed by atoms with Crippen LogP contribution in [0.3, 0.4) is 0 Å². The Balaban J connectivity index is 2.30. The number of nitrogens with zero attached hydrogens (tertiary/aromatic N) is 2. The smallest absolute Gasteiger partial charge is 0.282 e. The Morgan fingerprint density at radius 1 is 1.11 bits per heavy atom. The molecule has 2 aromatic carbocycles. The molecular formula is C19H15F4N3O. The second-order valence-electron chi connectivity index (χ2n) is 5.95. The lowest BCUT2D eigenvalue weighted by Gasteiger charge is -2.13. The van der Waals surface area contributed by atoms with E-state index in [2.05, 4.69) is 5.10 Å². The number of primary amides is 1. The molecule has 1 aromatic heterocycles. The number of nitrogens with two attached hydrogens (primary N) is 1. The predicted molar refractivity (Wildman–Crippen MR) is 91.9 cm³/mol. The molecule has 0 fully saturated rings. The molecule has 0 aliphatic rings. The molecule has 0 saturated heterocycles. The molecule has 3 aromatic rings. The van der Waals surface area contributed by atoms with Crippen LogP contribution in [0.5, 0.6) is 0 Å². The summed E-state index contributed by atoms with van der Waals surface area (Å²) in [5.41, 5.74) is 5.39. The van der Waals surface area contributed by atoms with Gasteiger partial charge in [0.15, 0.2) is 0 Å². The van der Waals surface area contributed by atoms with Gasteiger partial charge in [-0.15, -0.1) is 0 Å². The number of carbonyl (C=O) groups is 1. The Hall–Kier alpha value is -3.16. The third-order valence-electron chi connectivity index (χ3n) is 4.13. The SMILES string of the molecule is Cn1nc(C(F)F)c(CC(N)=O)c1-c1ccccc1-c1cc(F)ccc1F. The number of aromatic nitrogens is 2. The zero-order valence-corrected chi connectivity index (χ0v) is 14.2.